The van der Waals surface area contributed by atoms with Crippen molar-refractivity contribution in [2.75, 3.05) is 31.2 Å². The molecule has 4 rings (SSSR count). The number of aliphatic hydroxyl groups excluding tert-OH is 1. The molecule has 8 nitrogen and oxygen atoms in total. The van der Waals surface area contributed by atoms with Crippen LogP contribution in [0.25, 0.3) is 0 Å². The number of nitrogens with zero attached hydrogens (tertiary/aromatic N) is 2. The summed E-state index contributed by atoms with van der Waals surface area (Å²) in [6.45, 7) is 9.22. The number of amides is 2. The van der Waals surface area contributed by atoms with Crippen molar-refractivity contribution in [2.24, 2.45) is 11.8 Å². The first kappa shape index (κ1) is 25.4. The highest BCUT2D eigenvalue weighted by atomic mass is 35.5. The molecule has 3 heterocycles. The summed E-state index contributed by atoms with van der Waals surface area (Å²) in [5.74, 6) is -2.91. The Hall–Kier alpha value is -2.68. The first-order chi connectivity index (χ1) is 16.8. The molecule has 1 spiro atoms. The predicted molar refractivity (Wildman–Crippen MR) is 131 cm³/mol. The Kier molecular flexibility index (Phi) is 7.35. The van der Waals surface area contributed by atoms with E-state index in [1.165, 1.54) is 9.80 Å². The van der Waals surface area contributed by atoms with Gasteiger partial charge in [-0.2, -0.15) is 0 Å². The fourth-order valence-electron chi connectivity index (χ4n) is 5.92. The second-order valence-electron chi connectivity index (χ2n) is 9.20. The zero-order chi connectivity index (χ0) is 25.3. The van der Waals surface area contributed by atoms with E-state index in [2.05, 4.69) is 13.2 Å². The molecule has 0 aromatic heterocycles. The topological polar surface area (TPSA) is 96.4 Å². The van der Waals surface area contributed by atoms with Gasteiger partial charge in [-0.15, -0.1) is 13.2 Å². The van der Waals surface area contributed by atoms with Gasteiger partial charge in [-0.05, 0) is 37.8 Å². The summed E-state index contributed by atoms with van der Waals surface area (Å²) in [5, 5.41) is 10.1. The Morgan fingerprint density at radius 2 is 2.14 bits per heavy atom. The van der Waals surface area contributed by atoms with Gasteiger partial charge in [0, 0.05) is 13.1 Å². The number of fused-ring (bicyclic) bond motifs is 1. The number of hydrogen-bond donors (Lipinski definition) is 1. The summed E-state index contributed by atoms with van der Waals surface area (Å²) in [5.41, 5.74) is 0.147. The van der Waals surface area contributed by atoms with E-state index in [1.807, 2.05) is 13.0 Å². The van der Waals surface area contributed by atoms with E-state index in [9.17, 15) is 19.5 Å². The number of rotatable bonds is 10. The molecule has 188 valence electrons. The quantitative estimate of drug-likeness (QED) is 0.300. The Morgan fingerprint density at radius 1 is 1.37 bits per heavy atom. The maximum atomic E-state index is 14.2. The molecule has 3 saturated heterocycles. The summed E-state index contributed by atoms with van der Waals surface area (Å²) in [6, 6.07) is 4.34. The van der Waals surface area contributed by atoms with Crippen LogP contribution in [0.15, 0.2) is 43.5 Å². The second kappa shape index (κ2) is 10.1. The SMILES string of the molecule is C=CCCOC(=O)[C@@H]1[C@@H]2CCC3(O2)C(C(=O)N(CC=C)c2c(C)cccc2Cl)N(CCO)C(=O)[C@H]13. The molecule has 9 heteroatoms. The first-order valence-corrected chi connectivity index (χ1v) is 12.2. The van der Waals surface area contributed by atoms with Gasteiger partial charge in [-0.25, -0.2) is 0 Å². The average molecular weight is 503 g/mol. The second-order valence-corrected chi connectivity index (χ2v) is 9.61. The molecular formula is C26H31ClN2O6. The molecule has 3 fully saturated rings. The van der Waals surface area contributed by atoms with Crippen molar-refractivity contribution in [3.8, 4) is 0 Å². The summed E-state index contributed by atoms with van der Waals surface area (Å²) in [6.07, 6.45) is 4.23. The molecule has 2 amide bonds. The van der Waals surface area contributed by atoms with Crippen LogP contribution < -0.4 is 4.90 Å². The fraction of sp³-hybridized carbons (Fsp3) is 0.500. The van der Waals surface area contributed by atoms with Gasteiger partial charge in [0.25, 0.3) is 5.91 Å². The summed E-state index contributed by atoms with van der Waals surface area (Å²) in [7, 11) is 0. The zero-order valence-corrected chi connectivity index (χ0v) is 20.6. The molecule has 1 N–H and O–H groups in total. The van der Waals surface area contributed by atoms with Crippen molar-refractivity contribution in [3.05, 3.63) is 54.1 Å². The third kappa shape index (κ3) is 4.07. The normalized spacial score (nSPS) is 28.7. The van der Waals surface area contributed by atoms with Crippen LogP contribution in [-0.2, 0) is 23.9 Å². The van der Waals surface area contributed by atoms with Gasteiger partial charge in [0.15, 0.2) is 0 Å². The number of aliphatic hydroxyl groups is 1. The maximum Gasteiger partial charge on any atom is 0.312 e. The molecular weight excluding hydrogens is 472 g/mol. The van der Waals surface area contributed by atoms with Gasteiger partial charge in [0.2, 0.25) is 5.91 Å². The summed E-state index contributed by atoms with van der Waals surface area (Å²) in [4.78, 5) is 43.8. The minimum atomic E-state index is -1.18. The third-order valence-electron chi connectivity index (χ3n) is 7.25. The Morgan fingerprint density at radius 3 is 2.80 bits per heavy atom. The molecule has 2 bridgehead atoms. The monoisotopic (exact) mass is 502 g/mol. The molecule has 0 aliphatic carbocycles. The number of ether oxygens (including phenoxy) is 2. The minimum Gasteiger partial charge on any atom is -0.465 e. The number of β-amino-alcohol motifs (C(OH)–C–C–N with tert-alkyl or cyclic N) is 1. The van der Waals surface area contributed by atoms with E-state index in [0.29, 0.717) is 30.0 Å². The Labute approximate surface area is 210 Å². The van der Waals surface area contributed by atoms with E-state index >= 15 is 0 Å². The van der Waals surface area contributed by atoms with Crippen LogP contribution in [0.4, 0.5) is 5.69 Å². The molecule has 0 saturated carbocycles. The van der Waals surface area contributed by atoms with E-state index in [-0.39, 0.29) is 38.1 Å². The van der Waals surface area contributed by atoms with E-state index < -0.39 is 35.6 Å². The van der Waals surface area contributed by atoms with Crippen LogP contribution in [-0.4, -0.2) is 71.8 Å². The molecule has 35 heavy (non-hydrogen) atoms. The fourth-order valence-corrected chi connectivity index (χ4v) is 6.24. The van der Waals surface area contributed by atoms with Crippen LogP contribution in [0, 0.1) is 18.8 Å². The van der Waals surface area contributed by atoms with Gasteiger partial charge in [0.1, 0.15) is 11.6 Å². The highest BCUT2D eigenvalue weighted by molar-refractivity contribution is 6.34. The van der Waals surface area contributed by atoms with Crippen LogP contribution in [0.5, 0.6) is 0 Å². The minimum absolute atomic E-state index is 0.0524. The van der Waals surface area contributed by atoms with Crippen LogP contribution in [0.2, 0.25) is 5.02 Å². The summed E-state index contributed by atoms with van der Waals surface area (Å²) < 4.78 is 11.8. The number of likely N-dealkylation sites (tertiary alicyclic amines) is 1. The largest absolute Gasteiger partial charge is 0.465 e. The number of carbonyl (C=O) groups excluding carboxylic acids is 3. The van der Waals surface area contributed by atoms with Gasteiger partial charge < -0.3 is 24.4 Å². The molecule has 1 aromatic carbocycles. The lowest BCUT2D eigenvalue weighted by Crippen LogP contribution is -2.57. The lowest BCUT2D eigenvalue weighted by atomic mass is 9.70. The average Bonchev–Trinajstić information content (AvgIpc) is 3.46. The molecule has 3 aliphatic rings. The highest BCUT2D eigenvalue weighted by Crippen LogP contribution is 2.59. The van der Waals surface area contributed by atoms with Crippen molar-refractivity contribution >= 4 is 35.1 Å². The molecule has 0 radical (unpaired) electrons. The van der Waals surface area contributed by atoms with Crippen molar-refractivity contribution < 1.29 is 29.0 Å². The highest BCUT2D eigenvalue weighted by Gasteiger charge is 2.75. The van der Waals surface area contributed by atoms with Crippen molar-refractivity contribution in [2.45, 2.75) is 43.9 Å². The van der Waals surface area contributed by atoms with Crippen LogP contribution in [0.3, 0.4) is 0 Å². The maximum absolute atomic E-state index is 14.2. The van der Waals surface area contributed by atoms with E-state index in [4.69, 9.17) is 21.1 Å². The van der Waals surface area contributed by atoms with Gasteiger partial charge in [-0.3, -0.25) is 14.4 Å². The summed E-state index contributed by atoms with van der Waals surface area (Å²) >= 11 is 6.50. The molecule has 3 aliphatic heterocycles. The number of benzene rings is 1. The number of hydrogen-bond acceptors (Lipinski definition) is 6. The smallest absolute Gasteiger partial charge is 0.312 e. The first-order valence-electron chi connectivity index (χ1n) is 11.9. The Balaban J connectivity index is 1.74. The van der Waals surface area contributed by atoms with Gasteiger partial charge in [-0.1, -0.05) is 35.9 Å². The number of anilines is 1. The van der Waals surface area contributed by atoms with Crippen molar-refractivity contribution in [3.63, 3.8) is 0 Å². The van der Waals surface area contributed by atoms with Gasteiger partial charge >= 0.3 is 5.97 Å². The third-order valence-corrected chi connectivity index (χ3v) is 7.55. The lowest BCUT2D eigenvalue weighted by Gasteiger charge is -2.37. The van der Waals surface area contributed by atoms with Gasteiger partial charge in [0.05, 0.1) is 41.9 Å². The van der Waals surface area contributed by atoms with E-state index in [1.54, 1.807) is 24.3 Å². The lowest BCUT2D eigenvalue weighted by molar-refractivity contribution is -0.155. The Bertz CT molecular complexity index is 1020. The molecule has 2 unspecified atom stereocenters. The molecule has 5 atom stereocenters. The number of carbonyl (C=O) groups is 3. The standard InChI is InChI=1S/C26H31ClN2O6/c1-4-6-15-34-25(33)19-18-10-11-26(35-18)20(19)23(31)29(13-14-30)22(26)24(32)28(12-5-2)21-16(3)8-7-9-17(21)27/h4-5,7-9,18-20,22,30H,1-2,6,10-15H2,3H3/t18-,19+,20-,22?,26?/m0/s1. The number of esters is 1. The molecule has 1 aromatic rings. The van der Waals surface area contributed by atoms with Crippen LogP contribution in [0.1, 0.15) is 24.8 Å². The number of para-hydroxylation sites is 1. The van der Waals surface area contributed by atoms with E-state index in [0.717, 1.165) is 5.56 Å². The predicted octanol–water partition coefficient (Wildman–Crippen LogP) is 2.65. The van der Waals surface area contributed by atoms with Crippen LogP contribution >= 0.6 is 11.6 Å². The van der Waals surface area contributed by atoms with Crippen molar-refractivity contribution in [1.82, 2.24) is 4.90 Å². The zero-order valence-electron chi connectivity index (χ0n) is 19.8. The number of halogens is 1. The van der Waals surface area contributed by atoms with Crippen molar-refractivity contribution in [1.29, 1.82) is 0 Å². The number of aryl methyl sites for hydroxylation is 1.